The van der Waals surface area contributed by atoms with E-state index in [9.17, 15) is 10.1 Å². The molecule has 27 heavy (non-hydrogen) atoms. The van der Waals surface area contributed by atoms with E-state index in [2.05, 4.69) is 11.2 Å². The fraction of sp³-hybridized carbons (Fsp3) is 0.0909. The van der Waals surface area contributed by atoms with Crippen LogP contribution in [0.3, 0.4) is 0 Å². The Morgan fingerprint density at radius 2 is 2.07 bits per heavy atom. The molecule has 1 heterocycles. The van der Waals surface area contributed by atoms with Gasteiger partial charge >= 0.3 is 0 Å². The molecule has 0 aliphatic rings. The molecule has 0 spiro atoms. The molecule has 5 nitrogen and oxygen atoms in total. The SMILES string of the molecule is C#CCOc1ccc2ccccc2c1C=C(C#N)C(=O)NCc1ccco1. The number of furan rings is 1. The van der Waals surface area contributed by atoms with Crippen LogP contribution in [0.4, 0.5) is 0 Å². The van der Waals surface area contributed by atoms with Gasteiger partial charge in [-0.05, 0) is 35.0 Å². The van der Waals surface area contributed by atoms with Crippen LogP contribution in [0.2, 0.25) is 0 Å². The van der Waals surface area contributed by atoms with Gasteiger partial charge in [0.2, 0.25) is 0 Å². The van der Waals surface area contributed by atoms with Crippen molar-refractivity contribution in [3.8, 4) is 24.2 Å². The number of terminal acetylenes is 1. The molecule has 0 aliphatic heterocycles. The Labute approximate surface area is 156 Å². The molecule has 0 atom stereocenters. The Kier molecular flexibility index (Phi) is 5.57. The number of carbonyl (C=O) groups is 1. The van der Waals surface area contributed by atoms with E-state index in [4.69, 9.17) is 15.6 Å². The summed E-state index contributed by atoms with van der Waals surface area (Å²) in [5, 5.41) is 14.0. The lowest BCUT2D eigenvalue weighted by atomic mass is 10.0. The van der Waals surface area contributed by atoms with E-state index in [0.717, 1.165) is 10.8 Å². The summed E-state index contributed by atoms with van der Waals surface area (Å²) in [6.45, 7) is 0.284. The van der Waals surface area contributed by atoms with Crippen LogP contribution in [0.5, 0.6) is 5.75 Å². The van der Waals surface area contributed by atoms with Gasteiger partial charge in [-0.25, -0.2) is 0 Å². The summed E-state index contributed by atoms with van der Waals surface area (Å²) in [4.78, 5) is 12.4. The molecule has 2 aromatic carbocycles. The number of nitrogens with zero attached hydrogens (tertiary/aromatic N) is 1. The third kappa shape index (κ3) is 4.18. The molecular formula is C22H16N2O3. The van der Waals surface area contributed by atoms with Crippen LogP contribution in [-0.4, -0.2) is 12.5 Å². The largest absolute Gasteiger partial charge is 0.480 e. The Balaban J connectivity index is 1.96. The fourth-order valence-corrected chi connectivity index (χ4v) is 2.64. The highest BCUT2D eigenvalue weighted by atomic mass is 16.5. The molecule has 1 N–H and O–H groups in total. The van der Waals surface area contributed by atoms with Crippen LogP contribution in [0.1, 0.15) is 11.3 Å². The lowest BCUT2D eigenvalue weighted by Gasteiger charge is -2.11. The van der Waals surface area contributed by atoms with Crippen LogP contribution in [0, 0.1) is 23.7 Å². The Morgan fingerprint density at radius 3 is 2.81 bits per heavy atom. The lowest BCUT2D eigenvalue weighted by Crippen LogP contribution is -2.23. The topological polar surface area (TPSA) is 75.3 Å². The van der Waals surface area contributed by atoms with Crippen LogP contribution < -0.4 is 10.1 Å². The molecule has 0 unspecified atom stereocenters. The summed E-state index contributed by atoms with van der Waals surface area (Å²) in [6, 6.07) is 16.8. The van der Waals surface area contributed by atoms with Gasteiger partial charge < -0.3 is 14.5 Å². The van der Waals surface area contributed by atoms with Gasteiger partial charge in [0, 0.05) is 5.56 Å². The first kappa shape index (κ1) is 17.8. The quantitative estimate of drug-likeness (QED) is 0.415. The minimum atomic E-state index is -0.496. The van der Waals surface area contributed by atoms with E-state index in [-0.39, 0.29) is 18.7 Å². The van der Waals surface area contributed by atoms with E-state index in [1.54, 1.807) is 18.2 Å². The third-order valence-electron chi connectivity index (χ3n) is 3.90. The highest BCUT2D eigenvalue weighted by Gasteiger charge is 2.13. The van der Waals surface area contributed by atoms with Crippen molar-refractivity contribution in [1.82, 2.24) is 5.32 Å². The number of hydrogen-bond donors (Lipinski definition) is 1. The van der Waals surface area contributed by atoms with Crippen molar-refractivity contribution in [2.45, 2.75) is 6.54 Å². The minimum Gasteiger partial charge on any atom is -0.480 e. The van der Waals surface area contributed by atoms with Gasteiger partial charge in [0.1, 0.15) is 29.8 Å². The highest BCUT2D eigenvalue weighted by Crippen LogP contribution is 2.30. The predicted molar refractivity (Wildman–Crippen MR) is 102 cm³/mol. The highest BCUT2D eigenvalue weighted by molar-refractivity contribution is 6.04. The molecule has 0 radical (unpaired) electrons. The van der Waals surface area contributed by atoms with Crippen LogP contribution in [-0.2, 0) is 11.3 Å². The van der Waals surface area contributed by atoms with E-state index in [1.165, 1.54) is 12.3 Å². The molecule has 1 amide bonds. The Bertz CT molecular complexity index is 1070. The number of fused-ring (bicyclic) bond motifs is 1. The van der Waals surface area contributed by atoms with E-state index >= 15 is 0 Å². The van der Waals surface area contributed by atoms with Crippen molar-refractivity contribution in [2.75, 3.05) is 6.61 Å². The maximum Gasteiger partial charge on any atom is 0.262 e. The number of benzene rings is 2. The van der Waals surface area contributed by atoms with Crippen LogP contribution >= 0.6 is 0 Å². The van der Waals surface area contributed by atoms with Crippen molar-refractivity contribution in [2.24, 2.45) is 0 Å². The Hall–Kier alpha value is -3.96. The summed E-state index contributed by atoms with van der Waals surface area (Å²) in [5.41, 5.74) is 0.594. The second-order valence-electron chi connectivity index (χ2n) is 5.62. The zero-order valence-electron chi connectivity index (χ0n) is 14.4. The molecule has 3 aromatic rings. The van der Waals surface area contributed by atoms with Crippen molar-refractivity contribution < 1.29 is 13.9 Å². The average Bonchev–Trinajstić information content (AvgIpc) is 3.22. The molecule has 5 heteroatoms. The van der Waals surface area contributed by atoms with Crippen LogP contribution in [0.15, 0.2) is 64.8 Å². The number of amides is 1. The van der Waals surface area contributed by atoms with E-state index in [0.29, 0.717) is 17.1 Å². The zero-order chi connectivity index (χ0) is 19.1. The second-order valence-corrected chi connectivity index (χ2v) is 5.62. The van der Waals surface area contributed by atoms with E-state index < -0.39 is 5.91 Å². The van der Waals surface area contributed by atoms with Gasteiger partial charge in [-0.2, -0.15) is 5.26 Å². The predicted octanol–water partition coefficient (Wildman–Crippen LogP) is 3.67. The molecule has 0 aliphatic carbocycles. The number of hydrogen-bond acceptors (Lipinski definition) is 4. The fourth-order valence-electron chi connectivity index (χ4n) is 2.64. The summed E-state index contributed by atoms with van der Waals surface area (Å²) in [7, 11) is 0. The molecule has 3 rings (SSSR count). The molecule has 0 bridgehead atoms. The minimum absolute atomic E-state index is 0.0385. The monoisotopic (exact) mass is 356 g/mol. The second kappa shape index (κ2) is 8.42. The maximum atomic E-state index is 12.4. The summed E-state index contributed by atoms with van der Waals surface area (Å²) < 4.78 is 10.8. The number of nitrogens with one attached hydrogen (secondary N) is 1. The first-order chi connectivity index (χ1) is 13.2. The van der Waals surface area contributed by atoms with Gasteiger partial charge in [-0.3, -0.25) is 4.79 Å². The van der Waals surface area contributed by atoms with Crippen molar-refractivity contribution in [3.63, 3.8) is 0 Å². The summed E-state index contributed by atoms with van der Waals surface area (Å²) >= 11 is 0. The van der Waals surface area contributed by atoms with Crippen molar-refractivity contribution in [3.05, 3.63) is 71.7 Å². The number of rotatable bonds is 6. The number of nitriles is 1. The van der Waals surface area contributed by atoms with Gasteiger partial charge in [-0.1, -0.05) is 36.3 Å². The maximum absolute atomic E-state index is 12.4. The van der Waals surface area contributed by atoms with Gasteiger partial charge in [0.15, 0.2) is 0 Å². The summed E-state index contributed by atoms with van der Waals surface area (Å²) in [5.74, 6) is 3.04. The average molecular weight is 356 g/mol. The molecule has 132 valence electrons. The van der Waals surface area contributed by atoms with Gasteiger partial charge in [-0.15, -0.1) is 6.42 Å². The first-order valence-electron chi connectivity index (χ1n) is 8.23. The first-order valence-corrected chi connectivity index (χ1v) is 8.23. The van der Waals surface area contributed by atoms with Crippen LogP contribution in [0.25, 0.3) is 16.8 Å². The number of ether oxygens (including phenoxy) is 1. The van der Waals surface area contributed by atoms with E-state index in [1.807, 2.05) is 36.4 Å². The normalized spacial score (nSPS) is 10.8. The Morgan fingerprint density at radius 1 is 1.22 bits per heavy atom. The third-order valence-corrected chi connectivity index (χ3v) is 3.90. The summed E-state index contributed by atoms with van der Waals surface area (Å²) in [6.07, 6.45) is 8.33. The smallest absolute Gasteiger partial charge is 0.262 e. The molecular weight excluding hydrogens is 340 g/mol. The molecule has 0 saturated carbocycles. The van der Waals surface area contributed by atoms with Crippen molar-refractivity contribution >= 4 is 22.8 Å². The van der Waals surface area contributed by atoms with Crippen molar-refractivity contribution in [1.29, 1.82) is 5.26 Å². The molecule has 1 aromatic heterocycles. The molecule has 0 fully saturated rings. The zero-order valence-corrected chi connectivity index (χ0v) is 14.4. The molecule has 0 saturated heterocycles. The lowest BCUT2D eigenvalue weighted by molar-refractivity contribution is -0.117. The standard InChI is InChI=1S/C22H16N2O3/c1-2-11-27-21-10-9-16-6-3-4-8-19(16)20(21)13-17(14-23)22(25)24-15-18-7-5-12-26-18/h1,3-10,12-13H,11,15H2,(H,24,25). The van der Waals surface area contributed by atoms with Gasteiger partial charge in [0.05, 0.1) is 12.8 Å². The number of carbonyl (C=O) groups excluding carboxylic acids is 1. The van der Waals surface area contributed by atoms with Gasteiger partial charge in [0.25, 0.3) is 5.91 Å².